The number of hydrogen-bond acceptors (Lipinski definition) is 11. The van der Waals surface area contributed by atoms with Crippen molar-refractivity contribution in [2.24, 2.45) is 0 Å². The van der Waals surface area contributed by atoms with E-state index < -0.39 is 74.6 Å². The van der Waals surface area contributed by atoms with Crippen LogP contribution in [0, 0.1) is 0 Å². The molecule has 10 atom stereocenters. The van der Waals surface area contributed by atoms with Gasteiger partial charge in [-0.25, -0.2) is 0 Å². The number of ether oxygens (including phenoxy) is 4. The van der Waals surface area contributed by atoms with Crippen LogP contribution in [0.25, 0.3) is 0 Å². The predicted octanol–water partition coefficient (Wildman–Crippen LogP) is -2.58. The second-order valence-corrected chi connectivity index (χ2v) is 7.80. The summed E-state index contributed by atoms with van der Waals surface area (Å²) >= 11 is 0. The summed E-state index contributed by atoms with van der Waals surface area (Å²) in [5.74, 6) is 0.360. The van der Waals surface area contributed by atoms with Gasteiger partial charge in [0.05, 0.1) is 13.2 Å². The summed E-state index contributed by atoms with van der Waals surface area (Å²) in [7, 11) is 0. The summed E-state index contributed by atoms with van der Waals surface area (Å²) < 4.78 is 21.8. The molecule has 2 aliphatic heterocycles. The molecule has 0 radical (unpaired) electrons. The second kappa shape index (κ2) is 11.0. The molecule has 2 saturated heterocycles. The Kier molecular flexibility index (Phi) is 8.58. The number of hydrogen-bond donors (Lipinski definition) is 7. The quantitative estimate of drug-likeness (QED) is 0.203. The van der Waals surface area contributed by atoms with Crippen molar-refractivity contribution >= 4 is 0 Å². The van der Waals surface area contributed by atoms with Crippen LogP contribution in [0.15, 0.2) is 36.9 Å². The molecule has 10 unspecified atom stereocenters. The molecule has 0 bridgehead atoms. The Morgan fingerprint density at radius 2 is 1.34 bits per heavy atom. The number of benzene rings is 1. The third kappa shape index (κ3) is 5.46. The summed E-state index contributed by atoms with van der Waals surface area (Å²) in [6, 6.07) is 6.92. The maximum Gasteiger partial charge on any atom is 0.229 e. The fourth-order valence-corrected chi connectivity index (χ4v) is 3.55. The van der Waals surface area contributed by atoms with Crippen molar-refractivity contribution in [2.45, 2.75) is 67.8 Å². The molecule has 32 heavy (non-hydrogen) atoms. The maximum absolute atomic E-state index is 10.3. The standard InChI is InChI=1S/C21H30O11/c1-2-3-10-4-6-11(7-5-10)30-21-19(28)17(26)15(24)13(32-21)9-29-20-18(27)16(25)14(23)12(8-22)31-20/h2,4-7,12-28H,1,3,8-9H2. The van der Waals surface area contributed by atoms with E-state index in [1.54, 1.807) is 30.3 Å². The zero-order valence-corrected chi connectivity index (χ0v) is 17.3. The van der Waals surface area contributed by atoms with E-state index in [-0.39, 0.29) is 0 Å². The Morgan fingerprint density at radius 1 is 0.781 bits per heavy atom. The van der Waals surface area contributed by atoms with E-state index in [0.717, 1.165) is 5.56 Å². The molecular formula is C21H30O11. The molecule has 2 fully saturated rings. The molecule has 180 valence electrons. The lowest BCUT2D eigenvalue weighted by atomic mass is 9.98. The topological polar surface area (TPSA) is 179 Å². The van der Waals surface area contributed by atoms with E-state index in [1.807, 2.05) is 0 Å². The van der Waals surface area contributed by atoms with Crippen molar-refractivity contribution < 1.29 is 54.7 Å². The highest BCUT2D eigenvalue weighted by Crippen LogP contribution is 2.27. The Morgan fingerprint density at radius 3 is 1.94 bits per heavy atom. The first-order chi connectivity index (χ1) is 15.3. The van der Waals surface area contributed by atoms with Crippen LogP contribution in [0.4, 0.5) is 0 Å². The third-order valence-electron chi connectivity index (χ3n) is 5.50. The van der Waals surface area contributed by atoms with Crippen LogP contribution in [0.1, 0.15) is 5.56 Å². The highest BCUT2D eigenvalue weighted by molar-refractivity contribution is 5.28. The van der Waals surface area contributed by atoms with Crippen molar-refractivity contribution in [2.75, 3.05) is 13.2 Å². The van der Waals surface area contributed by atoms with E-state index in [1.165, 1.54) is 0 Å². The smallest absolute Gasteiger partial charge is 0.229 e. The van der Waals surface area contributed by atoms with Crippen molar-refractivity contribution in [1.82, 2.24) is 0 Å². The van der Waals surface area contributed by atoms with Crippen LogP contribution in [0.5, 0.6) is 5.75 Å². The number of aliphatic hydroxyl groups excluding tert-OH is 7. The molecule has 0 saturated carbocycles. The van der Waals surface area contributed by atoms with Gasteiger partial charge in [-0.3, -0.25) is 0 Å². The van der Waals surface area contributed by atoms with Gasteiger partial charge in [0.15, 0.2) is 6.29 Å². The van der Waals surface area contributed by atoms with Crippen LogP contribution in [0.3, 0.4) is 0 Å². The maximum atomic E-state index is 10.3. The monoisotopic (exact) mass is 458 g/mol. The molecule has 2 heterocycles. The van der Waals surface area contributed by atoms with Gasteiger partial charge in [-0.2, -0.15) is 0 Å². The molecule has 0 amide bonds. The number of aliphatic hydroxyl groups is 7. The lowest BCUT2D eigenvalue weighted by Crippen LogP contribution is -2.62. The van der Waals surface area contributed by atoms with Gasteiger partial charge in [0.25, 0.3) is 0 Å². The Hall–Kier alpha value is -1.64. The summed E-state index contributed by atoms with van der Waals surface area (Å²) in [5, 5.41) is 69.7. The molecule has 0 aromatic heterocycles. The highest BCUT2D eigenvalue weighted by atomic mass is 16.7. The van der Waals surface area contributed by atoms with Gasteiger partial charge < -0.3 is 54.7 Å². The molecule has 0 spiro atoms. The predicted molar refractivity (Wildman–Crippen MR) is 107 cm³/mol. The van der Waals surface area contributed by atoms with Crippen LogP contribution in [-0.2, 0) is 20.6 Å². The molecule has 3 rings (SSSR count). The highest BCUT2D eigenvalue weighted by Gasteiger charge is 2.47. The molecule has 11 heteroatoms. The largest absolute Gasteiger partial charge is 0.462 e. The van der Waals surface area contributed by atoms with Crippen LogP contribution >= 0.6 is 0 Å². The molecule has 1 aromatic rings. The minimum Gasteiger partial charge on any atom is -0.462 e. The van der Waals surface area contributed by atoms with Crippen LogP contribution < -0.4 is 4.74 Å². The van der Waals surface area contributed by atoms with E-state index in [2.05, 4.69) is 6.58 Å². The van der Waals surface area contributed by atoms with Crippen LogP contribution in [0.2, 0.25) is 0 Å². The molecule has 11 nitrogen and oxygen atoms in total. The summed E-state index contributed by atoms with van der Waals surface area (Å²) in [6.07, 6.45) is -12.2. The SMILES string of the molecule is C=CCc1ccc(OC2OC(COC3OC(CO)C(O)C(O)C3O)C(O)C(O)C2O)cc1. The van der Waals surface area contributed by atoms with E-state index in [0.29, 0.717) is 12.2 Å². The number of allylic oxidation sites excluding steroid dienone is 1. The normalized spacial score (nSPS) is 40.1. The fraction of sp³-hybridized carbons (Fsp3) is 0.619. The zero-order valence-electron chi connectivity index (χ0n) is 17.3. The average molecular weight is 458 g/mol. The second-order valence-electron chi connectivity index (χ2n) is 7.80. The first-order valence-corrected chi connectivity index (χ1v) is 10.2. The Labute approximate surface area is 184 Å². The minimum atomic E-state index is -1.63. The van der Waals surface area contributed by atoms with Crippen molar-refractivity contribution in [3.8, 4) is 5.75 Å². The summed E-state index contributed by atoms with van der Waals surface area (Å²) in [4.78, 5) is 0. The third-order valence-corrected chi connectivity index (χ3v) is 5.50. The Bertz CT molecular complexity index is 727. The van der Waals surface area contributed by atoms with Crippen molar-refractivity contribution in [1.29, 1.82) is 0 Å². The van der Waals surface area contributed by atoms with Gasteiger partial charge in [0.1, 0.15) is 54.6 Å². The summed E-state index contributed by atoms with van der Waals surface area (Å²) in [5.41, 5.74) is 0.999. The number of rotatable bonds is 8. The molecule has 0 aliphatic carbocycles. The average Bonchev–Trinajstić information content (AvgIpc) is 2.79. The van der Waals surface area contributed by atoms with Gasteiger partial charge in [-0.05, 0) is 24.1 Å². The molecular weight excluding hydrogens is 428 g/mol. The molecule has 7 N–H and O–H groups in total. The lowest BCUT2D eigenvalue weighted by Gasteiger charge is -2.42. The molecule has 2 aliphatic rings. The minimum absolute atomic E-state index is 0.360. The lowest BCUT2D eigenvalue weighted by molar-refractivity contribution is -0.323. The molecule has 1 aromatic carbocycles. The van der Waals surface area contributed by atoms with Gasteiger partial charge in [-0.1, -0.05) is 18.2 Å². The van der Waals surface area contributed by atoms with E-state index in [4.69, 9.17) is 18.9 Å². The van der Waals surface area contributed by atoms with Gasteiger partial charge in [-0.15, -0.1) is 6.58 Å². The summed E-state index contributed by atoms with van der Waals surface area (Å²) in [6.45, 7) is 2.62. The van der Waals surface area contributed by atoms with Gasteiger partial charge in [0, 0.05) is 0 Å². The zero-order chi connectivity index (χ0) is 23.4. The fourth-order valence-electron chi connectivity index (χ4n) is 3.55. The van der Waals surface area contributed by atoms with Gasteiger partial charge in [0.2, 0.25) is 6.29 Å². The first-order valence-electron chi connectivity index (χ1n) is 10.2. The van der Waals surface area contributed by atoms with E-state index >= 15 is 0 Å². The van der Waals surface area contributed by atoms with E-state index in [9.17, 15) is 35.7 Å². The van der Waals surface area contributed by atoms with Crippen LogP contribution in [-0.4, -0.2) is 110 Å². The van der Waals surface area contributed by atoms with Gasteiger partial charge >= 0.3 is 0 Å². The first kappa shape index (κ1) is 25.0. The Balaban J connectivity index is 1.62. The van der Waals surface area contributed by atoms with Crippen molar-refractivity contribution in [3.05, 3.63) is 42.5 Å². The van der Waals surface area contributed by atoms with Crippen molar-refractivity contribution in [3.63, 3.8) is 0 Å².